The average Bonchev–Trinajstić information content (AvgIpc) is 2.43. The van der Waals surface area contributed by atoms with Crippen LogP contribution >= 0.6 is 0 Å². The highest BCUT2D eigenvalue weighted by molar-refractivity contribution is 5.71. The third kappa shape index (κ3) is 6.78. The van der Waals surface area contributed by atoms with Crippen LogP contribution in [0.25, 0.3) is 0 Å². The van der Waals surface area contributed by atoms with Crippen LogP contribution in [0.15, 0.2) is 0 Å². The van der Waals surface area contributed by atoms with Crippen LogP contribution in [0.2, 0.25) is 0 Å². The smallest absolute Gasteiger partial charge is 0.407 e. The first-order valence-corrected chi connectivity index (χ1v) is 7.59. The molecule has 0 heterocycles. The summed E-state index contributed by atoms with van der Waals surface area (Å²) in [6.45, 7) is 6.03. The molecule has 0 saturated heterocycles. The number of alkyl carbamates (subject to hydrolysis) is 1. The summed E-state index contributed by atoms with van der Waals surface area (Å²) < 4.78 is 10.3. The minimum Gasteiger partial charge on any atom is -0.465 e. The summed E-state index contributed by atoms with van der Waals surface area (Å²) in [5.74, 6) is -0.337. The summed E-state index contributed by atoms with van der Waals surface area (Å²) in [7, 11) is 0. The van der Waals surface area contributed by atoms with Gasteiger partial charge in [-0.15, -0.1) is 0 Å². The Kier molecular flexibility index (Phi) is 7.41. The number of ether oxygens (including phenoxy) is 2. The fourth-order valence-electron chi connectivity index (χ4n) is 2.11. The van der Waals surface area contributed by atoms with Crippen LogP contribution in [0.5, 0.6) is 0 Å². The Morgan fingerprint density at radius 3 is 2.25 bits per heavy atom. The average molecular weight is 285 g/mol. The molecule has 1 saturated carbocycles. The predicted molar refractivity (Wildman–Crippen MR) is 76.3 cm³/mol. The van der Waals surface area contributed by atoms with E-state index < -0.39 is 0 Å². The first kappa shape index (κ1) is 16.8. The summed E-state index contributed by atoms with van der Waals surface area (Å²) >= 11 is 0. The van der Waals surface area contributed by atoms with E-state index in [9.17, 15) is 9.59 Å². The third-order valence-electron chi connectivity index (χ3n) is 3.41. The van der Waals surface area contributed by atoms with Gasteiger partial charge in [0.15, 0.2) is 0 Å². The van der Waals surface area contributed by atoms with Crippen molar-refractivity contribution in [1.82, 2.24) is 5.32 Å². The molecule has 1 amide bonds. The second kappa shape index (κ2) is 8.82. The SMILES string of the molecule is CC(COC(=O)NC1CCCCC1)COC(=O)C(C)C. The van der Waals surface area contributed by atoms with Gasteiger partial charge >= 0.3 is 12.1 Å². The van der Waals surface area contributed by atoms with E-state index in [1.807, 2.05) is 6.92 Å². The van der Waals surface area contributed by atoms with E-state index in [4.69, 9.17) is 9.47 Å². The molecule has 0 spiro atoms. The Bertz CT molecular complexity index is 311. The Balaban J connectivity index is 2.11. The lowest BCUT2D eigenvalue weighted by atomic mass is 9.96. The highest BCUT2D eigenvalue weighted by Gasteiger charge is 2.17. The van der Waals surface area contributed by atoms with Crippen molar-refractivity contribution in [2.45, 2.75) is 58.9 Å². The Morgan fingerprint density at radius 2 is 1.65 bits per heavy atom. The van der Waals surface area contributed by atoms with E-state index in [1.54, 1.807) is 13.8 Å². The van der Waals surface area contributed by atoms with Crippen LogP contribution in [0.1, 0.15) is 52.9 Å². The molecular weight excluding hydrogens is 258 g/mol. The van der Waals surface area contributed by atoms with Crippen LogP contribution in [0.3, 0.4) is 0 Å². The first-order chi connectivity index (χ1) is 9.49. The number of hydrogen-bond donors (Lipinski definition) is 1. The summed E-state index contributed by atoms with van der Waals surface area (Å²) in [5.41, 5.74) is 0. The van der Waals surface area contributed by atoms with Crippen molar-refractivity contribution in [3.05, 3.63) is 0 Å². The fourth-order valence-corrected chi connectivity index (χ4v) is 2.11. The number of rotatable bonds is 6. The maximum Gasteiger partial charge on any atom is 0.407 e. The minimum atomic E-state index is -0.362. The molecule has 0 radical (unpaired) electrons. The lowest BCUT2D eigenvalue weighted by Gasteiger charge is -2.22. The summed E-state index contributed by atoms with van der Waals surface area (Å²) in [6.07, 6.45) is 5.32. The first-order valence-electron chi connectivity index (χ1n) is 7.59. The molecule has 0 aromatic heterocycles. The van der Waals surface area contributed by atoms with E-state index in [0.717, 1.165) is 12.8 Å². The van der Waals surface area contributed by atoms with Crippen LogP contribution in [-0.2, 0) is 14.3 Å². The second-order valence-corrected chi connectivity index (χ2v) is 5.97. The molecule has 1 aliphatic carbocycles. The van der Waals surface area contributed by atoms with Gasteiger partial charge in [0.25, 0.3) is 0 Å². The van der Waals surface area contributed by atoms with Crippen molar-refractivity contribution < 1.29 is 19.1 Å². The van der Waals surface area contributed by atoms with Gasteiger partial charge in [0.1, 0.15) is 0 Å². The Morgan fingerprint density at radius 1 is 1.05 bits per heavy atom. The standard InChI is InChI=1S/C15H27NO4/c1-11(2)14(17)19-9-12(3)10-20-15(18)16-13-7-5-4-6-8-13/h11-13H,4-10H2,1-3H3,(H,16,18). The number of carbonyl (C=O) groups excluding carboxylic acids is 2. The molecule has 5 nitrogen and oxygen atoms in total. The highest BCUT2D eigenvalue weighted by atomic mass is 16.6. The predicted octanol–water partition coefficient (Wildman–Crippen LogP) is 2.88. The van der Waals surface area contributed by atoms with Gasteiger partial charge < -0.3 is 14.8 Å². The second-order valence-electron chi connectivity index (χ2n) is 5.97. The lowest BCUT2D eigenvalue weighted by Crippen LogP contribution is -2.37. The van der Waals surface area contributed by atoms with Crippen molar-refractivity contribution in [3.8, 4) is 0 Å². The molecule has 1 fully saturated rings. The highest BCUT2D eigenvalue weighted by Crippen LogP contribution is 2.17. The molecule has 1 atom stereocenters. The van der Waals surface area contributed by atoms with Crippen LogP contribution in [0, 0.1) is 11.8 Å². The van der Waals surface area contributed by atoms with E-state index in [1.165, 1.54) is 19.3 Å². The quantitative estimate of drug-likeness (QED) is 0.762. The van der Waals surface area contributed by atoms with Crippen LogP contribution < -0.4 is 5.32 Å². The molecule has 0 aromatic rings. The summed E-state index contributed by atoms with van der Waals surface area (Å²) in [6, 6.07) is 0.255. The molecule has 0 aliphatic heterocycles. The zero-order chi connectivity index (χ0) is 15.0. The molecule has 1 aliphatic rings. The summed E-state index contributed by atoms with van der Waals surface area (Å²) in [4.78, 5) is 22.9. The molecule has 5 heteroatoms. The molecule has 1 unspecified atom stereocenters. The van der Waals surface area contributed by atoms with Gasteiger partial charge in [-0.25, -0.2) is 4.79 Å². The van der Waals surface area contributed by atoms with Gasteiger partial charge in [-0.3, -0.25) is 4.79 Å². The van der Waals surface area contributed by atoms with Gasteiger partial charge in [-0.1, -0.05) is 40.0 Å². The molecule has 116 valence electrons. The lowest BCUT2D eigenvalue weighted by molar-refractivity contribution is -0.148. The number of esters is 1. The van der Waals surface area contributed by atoms with Crippen LogP contribution in [-0.4, -0.2) is 31.3 Å². The number of carbonyl (C=O) groups is 2. The largest absolute Gasteiger partial charge is 0.465 e. The number of nitrogens with one attached hydrogen (secondary N) is 1. The van der Waals surface area contributed by atoms with Crippen molar-refractivity contribution in [2.24, 2.45) is 11.8 Å². The zero-order valence-corrected chi connectivity index (χ0v) is 12.8. The number of hydrogen-bond acceptors (Lipinski definition) is 4. The van der Waals surface area contributed by atoms with Crippen molar-refractivity contribution in [1.29, 1.82) is 0 Å². The van der Waals surface area contributed by atoms with E-state index in [0.29, 0.717) is 0 Å². The molecule has 0 bridgehead atoms. The molecule has 1 rings (SSSR count). The van der Waals surface area contributed by atoms with Crippen LogP contribution in [0.4, 0.5) is 4.79 Å². The third-order valence-corrected chi connectivity index (χ3v) is 3.41. The fraction of sp³-hybridized carbons (Fsp3) is 0.867. The van der Waals surface area contributed by atoms with E-state index >= 15 is 0 Å². The van der Waals surface area contributed by atoms with Gasteiger partial charge in [-0.05, 0) is 12.8 Å². The molecular formula is C15H27NO4. The van der Waals surface area contributed by atoms with Gasteiger partial charge in [0.05, 0.1) is 19.1 Å². The molecule has 20 heavy (non-hydrogen) atoms. The van der Waals surface area contributed by atoms with E-state index in [-0.39, 0.29) is 43.2 Å². The summed E-state index contributed by atoms with van der Waals surface area (Å²) in [5, 5.41) is 2.89. The maximum atomic E-state index is 11.6. The Hall–Kier alpha value is -1.26. The normalized spacial score (nSPS) is 17.6. The minimum absolute atomic E-state index is 0.00908. The van der Waals surface area contributed by atoms with Gasteiger partial charge in [-0.2, -0.15) is 0 Å². The van der Waals surface area contributed by atoms with Crippen molar-refractivity contribution in [2.75, 3.05) is 13.2 Å². The molecule has 0 aromatic carbocycles. The van der Waals surface area contributed by atoms with Crippen molar-refractivity contribution in [3.63, 3.8) is 0 Å². The van der Waals surface area contributed by atoms with Gasteiger partial charge in [0.2, 0.25) is 0 Å². The monoisotopic (exact) mass is 285 g/mol. The molecule has 1 N–H and O–H groups in total. The Labute approximate surface area is 121 Å². The van der Waals surface area contributed by atoms with Crippen molar-refractivity contribution >= 4 is 12.1 Å². The van der Waals surface area contributed by atoms with Gasteiger partial charge in [0, 0.05) is 12.0 Å². The topological polar surface area (TPSA) is 64.6 Å². The maximum absolute atomic E-state index is 11.6. The van der Waals surface area contributed by atoms with E-state index in [2.05, 4.69) is 5.32 Å². The zero-order valence-electron chi connectivity index (χ0n) is 12.8. The number of amides is 1.